The number of hydrogen-bond acceptors (Lipinski definition) is 3. The Morgan fingerprint density at radius 2 is 1.90 bits per heavy atom. The van der Waals surface area contributed by atoms with Gasteiger partial charge in [-0.2, -0.15) is 0 Å². The van der Waals surface area contributed by atoms with E-state index in [9.17, 15) is 0 Å². The van der Waals surface area contributed by atoms with E-state index in [-0.39, 0.29) is 0 Å². The van der Waals surface area contributed by atoms with Gasteiger partial charge in [0.1, 0.15) is 0 Å². The second-order valence-corrected chi connectivity index (χ2v) is 1.87. The third-order valence-electron chi connectivity index (χ3n) is 1.11. The molecule has 0 spiro atoms. The van der Waals surface area contributed by atoms with Gasteiger partial charge in [-0.3, -0.25) is 0 Å². The Labute approximate surface area is 60.2 Å². The first-order valence-electron chi connectivity index (χ1n) is 3.17. The molecule has 0 saturated heterocycles. The van der Waals surface area contributed by atoms with Gasteiger partial charge in [0.25, 0.3) is 0 Å². The number of nitrogens with two attached hydrogens (primary N) is 1. The van der Waals surface area contributed by atoms with Crippen LogP contribution in [0.4, 0.5) is 5.69 Å². The molecule has 0 saturated carbocycles. The van der Waals surface area contributed by atoms with Crippen LogP contribution in [0.5, 0.6) is 0 Å². The maximum atomic E-state index is 5.20. The van der Waals surface area contributed by atoms with Crippen molar-refractivity contribution in [3.8, 4) is 0 Å². The Hall–Kier alpha value is -1.06. The van der Waals surface area contributed by atoms with Crippen molar-refractivity contribution in [3.63, 3.8) is 0 Å². The highest BCUT2D eigenvalue weighted by Crippen LogP contribution is 2.01. The largest absolute Gasteiger partial charge is 0.320 e. The van der Waals surface area contributed by atoms with Crippen LogP contribution < -0.4 is 16.6 Å². The Morgan fingerprint density at radius 1 is 1.20 bits per heavy atom. The first-order valence-corrected chi connectivity index (χ1v) is 3.17. The Morgan fingerprint density at radius 3 is 2.50 bits per heavy atom. The maximum absolute atomic E-state index is 5.20. The van der Waals surface area contributed by atoms with E-state index in [2.05, 4.69) is 10.9 Å². The summed E-state index contributed by atoms with van der Waals surface area (Å²) in [7, 11) is 0. The van der Waals surface area contributed by atoms with Crippen molar-refractivity contribution in [2.24, 2.45) is 5.73 Å². The number of para-hydroxylation sites is 1. The van der Waals surface area contributed by atoms with Crippen molar-refractivity contribution in [2.45, 2.75) is 0 Å². The zero-order chi connectivity index (χ0) is 7.23. The highest BCUT2D eigenvalue weighted by atomic mass is 15.4. The minimum Gasteiger partial charge on any atom is -0.320 e. The van der Waals surface area contributed by atoms with E-state index >= 15 is 0 Å². The first kappa shape index (κ1) is 7.05. The summed E-state index contributed by atoms with van der Waals surface area (Å²) in [6.45, 7) is 0.425. The molecule has 0 aliphatic heterocycles. The molecule has 0 bridgehead atoms. The fourth-order valence-electron chi connectivity index (χ4n) is 0.675. The summed E-state index contributed by atoms with van der Waals surface area (Å²) in [6, 6.07) is 9.81. The van der Waals surface area contributed by atoms with Crippen LogP contribution in [0.25, 0.3) is 0 Å². The van der Waals surface area contributed by atoms with Crippen LogP contribution in [0.3, 0.4) is 0 Å². The summed E-state index contributed by atoms with van der Waals surface area (Å²) in [5, 5.41) is 0. The lowest BCUT2D eigenvalue weighted by molar-refractivity contribution is 0.817. The molecule has 1 aromatic carbocycles. The number of benzene rings is 1. The van der Waals surface area contributed by atoms with E-state index in [1.54, 1.807) is 0 Å². The second kappa shape index (κ2) is 3.87. The molecule has 54 valence electrons. The number of nitrogens with one attached hydrogen (secondary N) is 2. The van der Waals surface area contributed by atoms with Crippen LogP contribution >= 0.6 is 0 Å². The van der Waals surface area contributed by atoms with E-state index in [1.807, 2.05) is 30.3 Å². The standard InChI is InChI=1S/C7H11N3/c8-6-9-10-7-4-2-1-3-5-7/h1-5,9-10H,6,8H2. The summed E-state index contributed by atoms with van der Waals surface area (Å²) in [6.07, 6.45) is 0. The third-order valence-corrected chi connectivity index (χ3v) is 1.11. The predicted molar refractivity (Wildman–Crippen MR) is 42.3 cm³/mol. The SMILES string of the molecule is NCNNc1ccccc1. The predicted octanol–water partition coefficient (Wildman–Crippen LogP) is 0.519. The summed E-state index contributed by atoms with van der Waals surface area (Å²) >= 11 is 0. The van der Waals surface area contributed by atoms with Gasteiger partial charge in [0, 0.05) is 5.69 Å². The van der Waals surface area contributed by atoms with Crippen LogP contribution in [-0.2, 0) is 0 Å². The number of anilines is 1. The molecular weight excluding hydrogens is 126 g/mol. The normalized spacial score (nSPS) is 9.30. The molecule has 1 aromatic rings. The quantitative estimate of drug-likeness (QED) is 0.420. The molecule has 0 fully saturated rings. The highest BCUT2D eigenvalue weighted by molar-refractivity contribution is 5.41. The van der Waals surface area contributed by atoms with Gasteiger partial charge in [-0.15, -0.1) is 0 Å². The summed E-state index contributed by atoms with van der Waals surface area (Å²) in [5.41, 5.74) is 11.9. The minimum atomic E-state index is 0.425. The molecule has 0 heterocycles. The van der Waals surface area contributed by atoms with Gasteiger partial charge >= 0.3 is 0 Å². The van der Waals surface area contributed by atoms with E-state index in [4.69, 9.17) is 5.73 Å². The Bertz CT molecular complexity index is 173. The van der Waals surface area contributed by atoms with Crippen LogP contribution in [-0.4, -0.2) is 6.67 Å². The lowest BCUT2D eigenvalue weighted by Crippen LogP contribution is -2.27. The van der Waals surface area contributed by atoms with Crippen molar-refractivity contribution in [2.75, 3.05) is 12.1 Å². The maximum Gasteiger partial charge on any atom is 0.0613 e. The number of hydrogen-bond donors (Lipinski definition) is 3. The molecule has 0 atom stereocenters. The molecule has 0 aliphatic carbocycles. The minimum absolute atomic E-state index is 0.425. The molecule has 4 N–H and O–H groups in total. The molecule has 0 aromatic heterocycles. The molecule has 0 unspecified atom stereocenters. The van der Waals surface area contributed by atoms with E-state index in [1.165, 1.54) is 0 Å². The zero-order valence-electron chi connectivity index (χ0n) is 5.67. The van der Waals surface area contributed by atoms with Crippen LogP contribution in [0, 0.1) is 0 Å². The molecule has 0 aliphatic rings. The lowest BCUT2D eigenvalue weighted by Gasteiger charge is -2.03. The van der Waals surface area contributed by atoms with Gasteiger partial charge in [0.2, 0.25) is 0 Å². The molecule has 0 amide bonds. The van der Waals surface area contributed by atoms with Crippen LogP contribution in [0.15, 0.2) is 30.3 Å². The van der Waals surface area contributed by atoms with Gasteiger partial charge < -0.3 is 11.2 Å². The Balaban J connectivity index is 2.43. The van der Waals surface area contributed by atoms with Crippen molar-refractivity contribution < 1.29 is 0 Å². The van der Waals surface area contributed by atoms with Gasteiger partial charge in [0.05, 0.1) is 6.67 Å². The topological polar surface area (TPSA) is 50.1 Å². The molecular formula is C7H11N3. The fourth-order valence-corrected chi connectivity index (χ4v) is 0.675. The zero-order valence-corrected chi connectivity index (χ0v) is 5.67. The second-order valence-electron chi connectivity index (χ2n) is 1.87. The lowest BCUT2D eigenvalue weighted by atomic mass is 10.3. The monoisotopic (exact) mass is 137 g/mol. The summed E-state index contributed by atoms with van der Waals surface area (Å²) < 4.78 is 0. The van der Waals surface area contributed by atoms with Crippen molar-refractivity contribution in [3.05, 3.63) is 30.3 Å². The molecule has 10 heavy (non-hydrogen) atoms. The van der Waals surface area contributed by atoms with Gasteiger partial charge in [-0.25, -0.2) is 5.43 Å². The molecule has 0 radical (unpaired) electrons. The van der Waals surface area contributed by atoms with E-state index < -0.39 is 0 Å². The summed E-state index contributed by atoms with van der Waals surface area (Å²) in [4.78, 5) is 0. The average molecular weight is 137 g/mol. The smallest absolute Gasteiger partial charge is 0.0613 e. The highest BCUT2D eigenvalue weighted by Gasteiger charge is 1.83. The van der Waals surface area contributed by atoms with E-state index in [0.29, 0.717) is 6.67 Å². The fraction of sp³-hybridized carbons (Fsp3) is 0.143. The number of hydrazine groups is 1. The summed E-state index contributed by atoms with van der Waals surface area (Å²) in [5.74, 6) is 0. The van der Waals surface area contributed by atoms with Crippen LogP contribution in [0.1, 0.15) is 0 Å². The van der Waals surface area contributed by atoms with Gasteiger partial charge in [-0.05, 0) is 12.1 Å². The van der Waals surface area contributed by atoms with Crippen molar-refractivity contribution >= 4 is 5.69 Å². The van der Waals surface area contributed by atoms with Gasteiger partial charge in [0.15, 0.2) is 0 Å². The van der Waals surface area contributed by atoms with Crippen LogP contribution in [0.2, 0.25) is 0 Å². The average Bonchev–Trinajstić information content (AvgIpc) is 2.03. The van der Waals surface area contributed by atoms with E-state index in [0.717, 1.165) is 5.69 Å². The number of rotatable bonds is 3. The first-order chi connectivity index (χ1) is 4.93. The Kier molecular flexibility index (Phi) is 2.73. The third kappa shape index (κ3) is 2.05. The van der Waals surface area contributed by atoms with Gasteiger partial charge in [-0.1, -0.05) is 18.2 Å². The molecule has 1 rings (SSSR count). The van der Waals surface area contributed by atoms with Crippen molar-refractivity contribution in [1.29, 1.82) is 0 Å². The molecule has 3 nitrogen and oxygen atoms in total. The van der Waals surface area contributed by atoms with Crippen molar-refractivity contribution in [1.82, 2.24) is 5.43 Å². The molecule has 3 heteroatoms.